The van der Waals surface area contributed by atoms with Crippen LogP contribution in [-0.2, 0) is 14.8 Å². The fourth-order valence-corrected chi connectivity index (χ4v) is 3.30. The van der Waals surface area contributed by atoms with Crippen molar-refractivity contribution in [1.82, 2.24) is 4.72 Å². The van der Waals surface area contributed by atoms with Crippen LogP contribution in [0.2, 0.25) is 5.02 Å². The third kappa shape index (κ3) is 4.74. The Balaban J connectivity index is 2.24. The first-order chi connectivity index (χ1) is 12.6. The lowest BCUT2D eigenvalue weighted by molar-refractivity contribution is 0.0318. The van der Waals surface area contributed by atoms with E-state index in [1.807, 2.05) is 19.9 Å². The molecule has 0 saturated carbocycles. The highest BCUT2D eigenvalue weighted by Gasteiger charge is 2.24. The number of rotatable bonds is 6. The maximum Gasteiger partial charge on any atom is 0.340 e. The Morgan fingerprint density at radius 2 is 1.74 bits per heavy atom. The van der Waals surface area contributed by atoms with Crippen molar-refractivity contribution in [1.29, 1.82) is 0 Å². The third-order valence-corrected chi connectivity index (χ3v) is 5.92. The zero-order chi connectivity index (χ0) is 20.4. The summed E-state index contributed by atoms with van der Waals surface area (Å²) in [5.74, 6) is -1.24. The number of carbonyl (C=O) groups excluding carboxylic acids is 2. The minimum absolute atomic E-state index is 0.0286. The fourth-order valence-electron chi connectivity index (χ4n) is 2.35. The number of Topliss-reactive ketones (excluding diaryl/α,β-unsaturated/α-hetero) is 1. The predicted molar refractivity (Wildman–Crippen MR) is 103 cm³/mol. The summed E-state index contributed by atoms with van der Waals surface area (Å²) in [7, 11) is -2.49. The number of carbonyl (C=O) groups is 2. The van der Waals surface area contributed by atoms with E-state index in [1.54, 1.807) is 12.1 Å². The van der Waals surface area contributed by atoms with Crippen molar-refractivity contribution in [3.8, 4) is 0 Å². The fraction of sp³-hybridized carbons (Fsp3) is 0.263. The van der Waals surface area contributed by atoms with E-state index in [1.165, 1.54) is 26.1 Å². The van der Waals surface area contributed by atoms with Gasteiger partial charge < -0.3 is 4.74 Å². The molecule has 8 heteroatoms. The molecular weight excluding hydrogens is 390 g/mol. The molecule has 0 aliphatic carbocycles. The molecule has 144 valence electrons. The van der Waals surface area contributed by atoms with Gasteiger partial charge >= 0.3 is 5.97 Å². The number of aryl methyl sites for hydroxylation is 2. The van der Waals surface area contributed by atoms with Crippen LogP contribution in [0.25, 0.3) is 0 Å². The molecule has 0 bridgehead atoms. The van der Waals surface area contributed by atoms with Crippen molar-refractivity contribution in [2.45, 2.75) is 31.8 Å². The number of benzene rings is 2. The summed E-state index contributed by atoms with van der Waals surface area (Å²) in [4.78, 5) is 24.8. The van der Waals surface area contributed by atoms with E-state index in [2.05, 4.69) is 4.72 Å². The average molecular weight is 410 g/mol. The summed E-state index contributed by atoms with van der Waals surface area (Å²) in [5.41, 5.74) is 2.29. The number of nitrogens with one attached hydrogen (secondary N) is 1. The van der Waals surface area contributed by atoms with Gasteiger partial charge in [-0.25, -0.2) is 17.9 Å². The second-order valence-electron chi connectivity index (χ2n) is 6.06. The summed E-state index contributed by atoms with van der Waals surface area (Å²) in [5, 5.41) is 0.0286. The van der Waals surface area contributed by atoms with Gasteiger partial charge in [-0.15, -0.1) is 0 Å². The van der Waals surface area contributed by atoms with Crippen molar-refractivity contribution in [2.75, 3.05) is 7.05 Å². The van der Waals surface area contributed by atoms with Crippen molar-refractivity contribution in [3.63, 3.8) is 0 Å². The summed E-state index contributed by atoms with van der Waals surface area (Å²) in [6.07, 6.45) is -1.06. The Labute approximate surface area is 163 Å². The topological polar surface area (TPSA) is 89.5 Å². The summed E-state index contributed by atoms with van der Waals surface area (Å²) in [6, 6.07) is 8.90. The van der Waals surface area contributed by atoms with Gasteiger partial charge in [0.1, 0.15) is 0 Å². The average Bonchev–Trinajstić information content (AvgIpc) is 2.63. The molecule has 0 spiro atoms. The number of sulfonamides is 1. The smallest absolute Gasteiger partial charge is 0.340 e. The molecule has 1 atom stereocenters. The van der Waals surface area contributed by atoms with Crippen molar-refractivity contribution >= 4 is 33.4 Å². The Bertz CT molecular complexity index is 1000. The summed E-state index contributed by atoms with van der Waals surface area (Å²) in [6.45, 7) is 5.27. The normalized spacial score (nSPS) is 12.5. The van der Waals surface area contributed by atoms with E-state index in [0.29, 0.717) is 5.56 Å². The Kier molecular flexibility index (Phi) is 6.41. The molecule has 0 fully saturated rings. The maximum absolute atomic E-state index is 12.5. The lowest BCUT2D eigenvalue weighted by Gasteiger charge is -2.14. The van der Waals surface area contributed by atoms with E-state index in [0.717, 1.165) is 17.2 Å². The van der Waals surface area contributed by atoms with Gasteiger partial charge in [-0.05, 0) is 63.2 Å². The Morgan fingerprint density at radius 1 is 1.07 bits per heavy atom. The zero-order valence-electron chi connectivity index (χ0n) is 15.4. The van der Waals surface area contributed by atoms with Crippen molar-refractivity contribution < 1.29 is 22.7 Å². The van der Waals surface area contributed by atoms with Gasteiger partial charge in [0, 0.05) is 5.56 Å². The molecule has 0 heterocycles. The first-order valence-electron chi connectivity index (χ1n) is 8.12. The second-order valence-corrected chi connectivity index (χ2v) is 8.35. The highest BCUT2D eigenvalue weighted by atomic mass is 35.5. The molecule has 0 aliphatic heterocycles. The molecule has 2 aromatic carbocycles. The van der Waals surface area contributed by atoms with Crippen LogP contribution in [0.15, 0.2) is 41.3 Å². The number of hydrogen-bond acceptors (Lipinski definition) is 5. The molecule has 0 radical (unpaired) electrons. The van der Waals surface area contributed by atoms with Crippen molar-refractivity contribution in [3.05, 3.63) is 63.7 Å². The number of hydrogen-bond donors (Lipinski definition) is 1. The highest BCUT2D eigenvalue weighted by Crippen LogP contribution is 2.22. The van der Waals surface area contributed by atoms with E-state index in [-0.39, 0.29) is 21.3 Å². The lowest BCUT2D eigenvalue weighted by atomic mass is 10.0. The molecule has 27 heavy (non-hydrogen) atoms. The lowest BCUT2D eigenvalue weighted by Crippen LogP contribution is -2.25. The van der Waals surface area contributed by atoms with E-state index < -0.39 is 22.1 Å². The molecule has 0 aliphatic rings. The van der Waals surface area contributed by atoms with Gasteiger partial charge in [0.15, 0.2) is 6.10 Å². The minimum Gasteiger partial charge on any atom is -0.451 e. The number of esters is 1. The first kappa shape index (κ1) is 21.1. The predicted octanol–water partition coefficient (Wildman–Crippen LogP) is 3.29. The summed E-state index contributed by atoms with van der Waals surface area (Å²) < 4.78 is 31.2. The molecule has 0 amide bonds. The minimum atomic E-state index is -3.75. The largest absolute Gasteiger partial charge is 0.451 e. The molecule has 0 aromatic heterocycles. The molecule has 0 saturated heterocycles. The van der Waals surface area contributed by atoms with E-state index in [9.17, 15) is 18.0 Å². The molecule has 6 nitrogen and oxygen atoms in total. The maximum atomic E-state index is 12.5. The van der Waals surface area contributed by atoms with Crippen LogP contribution in [0.5, 0.6) is 0 Å². The summed E-state index contributed by atoms with van der Waals surface area (Å²) >= 11 is 6.00. The van der Waals surface area contributed by atoms with Gasteiger partial charge in [0.25, 0.3) is 0 Å². The molecular formula is C19H20ClNO5S. The van der Waals surface area contributed by atoms with Gasteiger partial charge in [0.05, 0.1) is 15.5 Å². The molecule has 2 aromatic rings. The highest BCUT2D eigenvalue weighted by molar-refractivity contribution is 7.89. The molecule has 2 rings (SSSR count). The molecule has 1 N–H and O–H groups in total. The van der Waals surface area contributed by atoms with Crippen LogP contribution in [0.1, 0.15) is 38.8 Å². The van der Waals surface area contributed by atoms with Crippen LogP contribution in [0.4, 0.5) is 0 Å². The monoisotopic (exact) mass is 409 g/mol. The van der Waals surface area contributed by atoms with Gasteiger partial charge in [-0.1, -0.05) is 23.7 Å². The van der Waals surface area contributed by atoms with Crippen LogP contribution < -0.4 is 4.72 Å². The van der Waals surface area contributed by atoms with Gasteiger partial charge in [-0.2, -0.15) is 0 Å². The standard InChI is InChI=1S/C19H20ClNO5S/c1-11-5-6-14(9-12(11)2)18(22)13(3)26-19(23)16-10-15(7-8-17(16)20)27(24,25)21-4/h5-10,13,21H,1-4H3. The van der Waals surface area contributed by atoms with Crippen LogP contribution in [-0.4, -0.2) is 33.3 Å². The SMILES string of the molecule is CNS(=O)(=O)c1ccc(Cl)c(C(=O)OC(C)C(=O)c2ccc(C)c(C)c2)c1. The Morgan fingerprint density at radius 3 is 2.33 bits per heavy atom. The van der Waals surface area contributed by atoms with Gasteiger partial charge in [0.2, 0.25) is 15.8 Å². The van der Waals surface area contributed by atoms with Crippen LogP contribution >= 0.6 is 11.6 Å². The first-order valence-corrected chi connectivity index (χ1v) is 9.98. The second kappa shape index (κ2) is 8.21. The van der Waals surface area contributed by atoms with E-state index >= 15 is 0 Å². The van der Waals surface area contributed by atoms with Crippen LogP contribution in [0.3, 0.4) is 0 Å². The zero-order valence-corrected chi connectivity index (χ0v) is 16.9. The number of ether oxygens (including phenoxy) is 1. The number of halogens is 1. The quantitative estimate of drug-likeness (QED) is 0.584. The third-order valence-electron chi connectivity index (χ3n) is 4.18. The van der Waals surface area contributed by atoms with E-state index in [4.69, 9.17) is 16.3 Å². The number of ketones is 1. The van der Waals surface area contributed by atoms with Crippen molar-refractivity contribution in [2.24, 2.45) is 0 Å². The Hall–Kier alpha value is -2.22. The van der Waals surface area contributed by atoms with Crippen LogP contribution in [0, 0.1) is 13.8 Å². The van der Waals surface area contributed by atoms with Gasteiger partial charge in [-0.3, -0.25) is 4.79 Å². The molecule has 1 unspecified atom stereocenters.